The molecule has 3 nitrogen and oxygen atoms in total. The second kappa shape index (κ2) is 3.75. The molecule has 0 amide bonds. The Kier molecular flexibility index (Phi) is 2.34. The van der Waals surface area contributed by atoms with Crippen LogP contribution in [0.1, 0.15) is 36.7 Å². The Hall–Kier alpha value is -1.53. The summed E-state index contributed by atoms with van der Waals surface area (Å²) in [6.07, 6.45) is 3.69. The fourth-order valence-corrected chi connectivity index (χ4v) is 2.63. The van der Waals surface area contributed by atoms with Gasteiger partial charge in [-0.2, -0.15) is 5.26 Å². The number of aryl methyl sites for hydroxylation is 1. The first kappa shape index (κ1) is 10.6. The van der Waals surface area contributed by atoms with Crippen LogP contribution in [0.4, 0.5) is 0 Å². The van der Waals surface area contributed by atoms with Gasteiger partial charge in [-0.05, 0) is 38.3 Å². The Labute approximate surface area is 105 Å². The summed E-state index contributed by atoms with van der Waals surface area (Å²) in [5, 5.41) is 9.51. The fraction of sp³-hybridized carbons (Fsp3) is 0.385. The summed E-state index contributed by atoms with van der Waals surface area (Å²) in [4.78, 5) is 4.52. The minimum atomic E-state index is 0.484. The first-order valence-electron chi connectivity index (χ1n) is 5.79. The van der Waals surface area contributed by atoms with E-state index in [2.05, 4.69) is 15.6 Å². The maximum absolute atomic E-state index is 9.02. The molecule has 1 aromatic heterocycles. The molecule has 0 N–H and O–H groups in total. The van der Waals surface area contributed by atoms with Crippen molar-refractivity contribution in [2.24, 2.45) is 0 Å². The number of hydrogen-bond donors (Lipinski definition) is 0. The zero-order valence-electron chi connectivity index (χ0n) is 9.57. The quantitative estimate of drug-likeness (QED) is 0.770. The van der Waals surface area contributed by atoms with Crippen molar-refractivity contribution in [1.82, 2.24) is 9.55 Å². The van der Waals surface area contributed by atoms with E-state index in [4.69, 9.17) is 16.9 Å². The van der Waals surface area contributed by atoms with E-state index in [0.29, 0.717) is 16.6 Å². The normalized spacial score (nSPS) is 15.8. The van der Waals surface area contributed by atoms with Crippen molar-refractivity contribution in [3.63, 3.8) is 0 Å². The van der Waals surface area contributed by atoms with Crippen LogP contribution in [0.25, 0.3) is 11.0 Å². The molecule has 0 atom stereocenters. The minimum absolute atomic E-state index is 0.484. The van der Waals surface area contributed by atoms with Crippen molar-refractivity contribution in [2.45, 2.75) is 32.2 Å². The predicted molar refractivity (Wildman–Crippen MR) is 67.1 cm³/mol. The molecule has 2 aromatic rings. The average Bonchev–Trinajstić information content (AvgIpc) is 2.52. The third-order valence-corrected chi connectivity index (χ3v) is 3.83. The van der Waals surface area contributed by atoms with E-state index >= 15 is 0 Å². The molecule has 3 rings (SSSR count). The zero-order valence-corrected chi connectivity index (χ0v) is 10.3. The lowest BCUT2D eigenvalue weighted by Crippen LogP contribution is -2.17. The molecule has 86 valence electrons. The van der Waals surface area contributed by atoms with Gasteiger partial charge < -0.3 is 4.57 Å². The first-order chi connectivity index (χ1) is 8.20. The molecule has 0 radical (unpaired) electrons. The lowest BCUT2D eigenvalue weighted by molar-refractivity contribution is 0.316. The number of nitrogens with zero attached hydrogens (tertiary/aromatic N) is 3. The van der Waals surface area contributed by atoms with Crippen LogP contribution in [0.15, 0.2) is 12.1 Å². The highest BCUT2D eigenvalue weighted by molar-refractivity contribution is 6.32. The third kappa shape index (κ3) is 1.52. The molecular weight excluding hydrogens is 234 g/mol. The van der Waals surface area contributed by atoms with Gasteiger partial charge in [0.1, 0.15) is 11.9 Å². The Balaban J connectivity index is 2.27. The number of benzene rings is 1. The minimum Gasteiger partial charge on any atom is -0.325 e. The molecule has 1 heterocycles. The Morgan fingerprint density at radius 1 is 1.47 bits per heavy atom. The molecule has 0 spiro atoms. The highest BCUT2D eigenvalue weighted by Crippen LogP contribution is 2.36. The summed E-state index contributed by atoms with van der Waals surface area (Å²) in [5.74, 6) is 1.01. The average molecular weight is 246 g/mol. The lowest BCUT2D eigenvalue weighted by Gasteiger charge is -2.28. The Morgan fingerprint density at radius 2 is 2.24 bits per heavy atom. The summed E-state index contributed by atoms with van der Waals surface area (Å²) in [5.41, 5.74) is 2.45. The van der Waals surface area contributed by atoms with Gasteiger partial charge in [-0.25, -0.2) is 4.98 Å². The smallest absolute Gasteiger partial charge is 0.106 e. The maximum atomic E-state index is 9.02. The van der Waals surface area contributed by atoms with Gasteiger partial charge in [0.15, 0.2) is 0 Å². The van der Waals surface area contributed by atoms with Crippen molar-refractivity contribution >= 4 is 22.6 Å². The van der Waals surface area contributed by atoms with Gasteiger partial charge in [-0.15, -0.1) is 0 Å². The van der Waals surface area contributed by atoms with Gasteiger partial charge in [0, 0.05) is 6.04 Å². The Bertz CT molecular complexity index is 632. The van der Waals surface area contributed by atoms with Crippen LogP contribution in [0.2, 0.25) is 5.02 Å². The van der Waals surface area contributed by atoms with Gasteiger partial charge in [0.25, 0.3) is 0 Å². The monoisotopic (exact) mass is 245 g/mol. The summed E-state index contributed by atoms with van der Waals surface area (Å²) in [6.45, 7) is 2.01. The van der Waals surface area contributed by atoms with Crippen LogP contribution in [-0.2, 0) is 0 Å². The van der Waals surface area contributed by atoms with Crippen LogP contribution in [0.3, 0.4) is 0 Å². The standard InChI is InChI=1S/C13H12ClN3/c1-8-16-12-6-11(14)9(7-15)5-13(12)17(8)10-3-2-4-10/h5-6,10H,2-4H2,1H3. The SMILES string of the molecule is Cc1nc2cc(Cl)c(C#N)cc2n1C1CCC1. The molecule has 1 aliphatic rings. The van der Waals surface area contributed by atoms with Crippen LogP contribution in [0.5, 0.6) is 0 Å². The van der Waals surface area contributed by atoms with Crippen LogP contribution >= 0.6 is 11.6 Å². The molecule has 1 saturated carbocycles. The molecule has 17 heavy (non-hydrogen) atoms. The summed E-state index contributed by atoms with van der Waals surface area (Å²) >= 11 is 6.02. The van der Waals surface area contributed by atoms with Gasteiger partial charge in [0.2, 0.25) is 0 Å². The molecule has 0 saturated heterocycles. The fourth-order valence-electron chi connectivity index (χ4n) is 2.43. The summed E-state index contributed by atoms with van der Waals surface area (Å²) in [7, 11) is 0. The molecular formula is C13H12ClN3. The van der Waals surface area contributed by atoms with E-state index in [1.54, 1.807) is 6.07 Å². The highest BCUT2D eigenvalue weighted by Gasteiger charge is 2.23. The summed E-state index contributed by atoms with van der Waals surface area (Å²) < 4.78 is 2.25. The Morgan fingerprint density at radius 3 is 2.82 bits per heavy atom. The topological polar surface area (TPSA) is 41.6 Å². The van der Waals surface area contributed by atoms with E-state index in [1.807, 2.05) is 13.0 Å². The molecule has 1 aliphatic carbocycles. The van der Waals surface area contributed by atoms with E-state index in [1.165, 1.54) is 19.3 Å². The highest BCUT2D eigenvalue weighted by atomic mass is 35.5. The van der Waals surface area contributed by atoms with Gasteiger partial charge in [0.05, 0.1) is 21.6 Å². The zero-order chi connectivity index (χ0) is 12.0. The number of halogens is 1. The lowest BCUT2D eigenvalue weighted by atomic mass is 9.92. The number of nitriles is 1. The second-order valence-corrected chi connectivity index (χ2v) is 4.95. The van der Waals surface area contributed by atoms with E-state index < -0.39 is 0 Å². The second-order valence-electron chi connectivity index (χ2n) is 4.55. The van der Waals surface area contributed by atoms with E-state index in [0.717, 1.165) is 16.9 Å². The maximum Gasteiger partial charge on any atom is 0.106 e. The first-order valence-corrected chi connectivity index (χ1v) is 6.16. The number of fused-ring (bicyclic) bond motifs is 1. The molecule has 0 bridgehead atoms. The van der Waals surface area contributed by atoms with Crippen molar-refractivity contribution in [1.29, 1.82) is 5.26 Å². The number of rotatable bonds is 1. The van der Waals surface area contributed by atoms with Gasteiger partial charge >= 0.3 is 0 Å². The van der Waals surface area contributed by atoms with Crippen molar-refractivity contribution in [2.75, 3.05) is 0 Å². The number of hydrogen-bond acceptors (Lipinski definition) is 2. The molecule has 0 aliphatic heterocycles. The van der Waals surface area contributed by atoms with Crippen LogP contribution < -0.4 is 0 Å². The molecule has 4 heteroatoms. The number of aromatic nitrogens is 2. The predicted octanol–water partition coefficient (Wildman–Crippen LogP) is 3.59. The van der Waals surface area contributed by atoms with Crippen molar-refractivity contribution < 1.29 is 0 Å². The van der Waals surface area contributed by atoms with E-state index in [-0.39, 0.29) is 0 Å². The van der Waals surface area contributed by atoms with Crippen LogP contribution in [-0.4, -0.2) is 9.55 Å². The summed E-state index contributed by atoms with van der Waals surface area (Å²) in [6, 6.07) is 6.32. The van der Waals surface area contributed by atoms with Crippen LogP contribution in [0, 0.1) is 18.3 Å². The third-order valence-electron chi connectivity index (χ3n) is 3.51. The largest absolute Gasteiger partial charge is 0.325 e. The van der Waals surface area contributed by atoms with Crippen molar-refractivity contribution in [3.05, 3.63) is 28.5 Å². The van der Waals surface area contributed by atoms with Crippen molar-refractivity contribution in [3.8, 4) is 6.07 Å². The van der Waals surface area contributed by atoms with Gasteiger partial charge in [-0.1, -0.05) is 11.6 Å². The van der Waals surface area contributed by atoms with Gasteiger partial charge in [-0.3, -0.25) is 0 Å². The molecule has 1 aromatic carbocycles. The number of imidazole rings is 1. The molecule has 1 fully saturated rings. The molecule has 0 unspecified atom stereocenters. The van der Waals surface area contributed by atoms with E-state index in [9.17, 15) is 0 Å².